The normalized spacial score (nSPS) is 18.7. The van der Waals surface area contributed by atoms with Crippen molar-refractivity contribution < 1.29 is 13.2 Å². The van der Waals surface area contributed by atoms with Gasteiger partial charge in [-0.15, -0.1) is 0 Å². The van der Waals surface area contributed by atoms with Crippen molar-refractivity contribution in [2.45, 2.75) is 56.8 Å². The number of carbonyl (C=O) groups excluding carboxylic acids is 1. The van der Waals surface area contributed by atoms with E-state index in [1.54, 1.807) is 12.1 Å². The molecular formula is C17H23NO3S. The molecule has 120 valence electrons. The molecule has 0 unspecified atom stereocenters. The number of rotatable bonds is 4. The van der Waals surface area contributed by atoms with Crippen LogP contribution in [0.4, 0.5) is 0 Å². The van der Waals surface area contributed by atoms with Gasteiger partial charge in [-0.1, -0.05) is 42.2 Å². The van der Waals surface area contributed by atoms with Crippen LogP contribution in [0, 0.1) is 6.92 Å². The number of allylic oxidation sites excluding steroid dienone is 1. The van der Waals surface area contributed by atoms with E-state index >= 15 is 0 Å². The number of hydrogen-bond acceptors (Lipinski definition) is 3. The lowest BCUT2D eigenvalue weighted by atomic mass is 9.98. The topological polar surface area (TPSA) is 63.2 Å². The number of amides is 1. The van der Waals surface area contributed by atoms with Gasteiger partial charge in [0.05, 0.1) is 4.90 Å². The van der Waals surface area contributed by atoms with Crippen molar-refractivity contribution in [2.75, 3.05) is 0 Å². The van der Waals surface area contributed by atoms with E-state index in [4.69, 9.17) is 0 Å². The maximum Gasteiger partial charge on any atom is 0.264 e. The standard InChI is InChI=1S/C17H23NO3S/c1-14-9-11-16(12-10-14)22(20,21)18-17(19)13-15-7-5-3-2-4-6-8-15/h7,9-12H,2-6,8,13H2,1H3,(H,18,19)/b15-7+. The number of benzene rings is 1. The van der Waals surface area contributed by atoms with Crippen LogP contribution in [0.2, 0.25) is 0 Å². The summed E-state index contributed by atoms with van der Waals surface area (Å²) in [5.41, 5.74) is 2.03. The van der Waals surface area contributed by atoms with Gasteiger partial charge in [0.2, 0.25) is 5.91 Å². The van der Waals surface area contributed by atoms with Gasteiger partial charge in [0.25, 0.3) is 10.0 Å². The van der Waals surface area contributed by atoms with Crippen LogP contribution in [-0.4, -0.2) is 14.3 Å². The average molecular weight is 321 g/mol. The number of nitrogens with one attached hydrogen (secondary N) is 1. The highest BCUT2D eigenvalue weighted by molar-refractivity contribution is 7.90. The van der Waals surface area contributed by atoms with Gasteiger partial charge >= 0.3 is 0 Å². The van der Waals surface area contributed by atoms with Crippen molar-refractivity contribution in [1.29, 1.82) is 0 Å². The van der Waals surface area contributed by atoms with Crippen molar-refractivity contribution in [3.8, 4) is 0 Å². The molecule has 0 radical (unpaired) electrons. The zero-order valence-corrected chi connectivity index (χ0v) is 13.8. The zero-order valence-electron chi connectivity index (χ0n) is 13.0. The van der Waals surface area contributed by atoms with E-state index in [2.05, 4.69) is 10.8 Å². The van der Waals surface area contributed by atoms with E-state index in [9.17, 15) is 13.2 Å². The molecule has 4 nitrogen and oxygen atoms in total. The quantitative estimate of drug-likeness (QED) is 0.864. The van der Waals surface area contributed by atoms with Crippen molar-refractivity contribution in [3.63, 3.8) is 0 Å². The summed E-state index contributed by atoms with van der Waals surface area (Å²) in [6, 6.07) is 6.47. The molecule has 0 atom stereocenters. The van der Waals surface area contributed by atoms with E-state index in [-0.39, 0.29) is 11.3 Å². The van der Waals surface area contributed by atoms with Crippen LogP contribution in [0.25, 0.3) is 0 Å². The van der Waals surface area contributed by atoms with Crippen molar-refractivity contribution >= 4 is 15.9 Å². The average Bonchev–Trinajstić information content (AvgIpc) is 2.41. The van der Waals surface area contributed by atoms with Crippen molar-refractivity contribution in [3.05, 3.63) is 41.5 Å². The second-order valence-corrected chi connectivity index (χ2v) is 7.52. The largest absolute Gasteiger partial charge is 0.274 e. The lowest BCUT2D eigenvalue weighted by Gasteiger charge is -2.12. The lowest BCUT2D eigenvalue weighted by Crippen LogP contribution is -2.30. The fourth-order valence-electron chi connectivity index (χ4n) is 2.59. The van der Waals surface area contributed by atoms with Crippen LogP contribution < -0.4 is 4.72 Å². The van der Waals surface area contributed by atoms with Gasteiger partial charge < -0.3 is 0 Å². The Morgan fingerprint density at radius 2 is 1.77 bits per heavy atom. The molecule has 1 N–H and O–H groups in total. The summed E-state index contributed by atoms with van der Waals surface area (Å²) in [5.74, 6) is -0.451. The summed E-state index contributed by atoms with van der Waals surface area (Å²) >= 11 is 0. The van der Waals surface area contributed by atoms with Gasteiger partial charge in [0.15, 0.2) is 0 Å². The molecule has 5 heteroatoms. The highest BCUT2D eigenvalue weighted by Crippen LogP contribution is 2.19. The van der Waals surface area contributed by atoms with E-state index in [0.29, 0.717) is 0 Å². The molecule has 0 heterocycles. The van der Waals surface area contributed by atoms with E-state index in [1.807, 2.05) is 6.92 Å². The first-order valence-corrected chi connectivity index (χ1v) is 9.26. The summed E-state index contributed by atoms with van der Waals surface area (Å²) in [7, 11) is -3.77. The maximum absolute atomic E-state index is 12.2. The smallest absolute Gasteiger partial charge is 0.264 e. The van der Waals surface area contributed by atoms with Crippen molar-refractivity contribution in [2.24, 2.45) is 0 Å². The second-order valence-electron chi connectivity index (χ2n) is 5.83. The van der Waals surface area contributed by atoms with Crippen LogP contribution >= 0.6 is 0 Å². The van der Waals surface area contributed by atoms with Crippen LogP contribution in [0.3, 0.4) is 0 Å². The molecule has 1 amide bonds. The Kier molecular flexibility index (Phi) is 5.77. The Bertz CT molecular complexity index is 645. The Labute approximate surface area is 132 Å². The highest BCUT2D eigenvalue weighted by Gasteiger charge is 2.18. The molecule has 0 spiro atoms. The predicted octanol–water partition coefficient (Wildman–Crippen LogP) is 3.47. The molecule has 1 aliphatic carbocycles. The molecule has 0 aliphatic heterocycles. The molecule has 0 aromatic heterocycles. The third-order valence-corrected chi connectivity index (χ3v) is 5.24. The van der Waals surface area contributed by atoms with E-state index < -0.39 is 15.9 Å². The molecule has 2 rings (SSSR count). The predicted molar refractivity (Wildman–Crippen MR) is 86.9 cm³/mol. The zero-order chi connectivity index (χ0) is 16.0. The number of hydrogen-bond donors (Lipinski definition) is 1. The van der Waals surface area contributed by atoms with Crippen LogP contribution in [-0.2, 0) is 14.8 Å². The first-order chi connectivity index (χ1) is 10.5. The van der Waals surface area contributed by atoms with Crippen LogP contribution in [0.1, 0.15) is 50.5 Å². The summed E-state index contributed by atoms with van der Waals surface area (Å²) in [5, 5.41) is 0. The molecule has 22 heavy (non-hydrogen) atoms. The van der Waals surface area contributed by atoms with Crippen molar-refractivity contribution in [1.82, 2.24) is 4.72 Å². The first-order valence-electron chi connectivity index (χ1n) is 7.77. The van der Waals surface area contributed by atoms with Crippen LogP contribution in [0.5, 0.6) is 0 Å². The molecule has 1 aliphatic rings. The summed E-state index contributed by atoms with van der Waals surface area (Å²) in [6.45, 7) is 1.89. The third kappa shape index (κ3) is 4.98. The number of carbonyl (C=O) groups is 1. The monoisotopic (exact) mass is 321 g/mol. The van der Waals surface area contributed by atoms with Gasteiger partial charge in [0.1, 0.15) is 0 Å². The summed E-state index contributed by atoms with van der Waals surface area (Å²) < 4.78 is 26.5. The molecule has 1 aromatic carbocycles. The summed E-state index contributed by atoms with van der Waals surface area (Å²) in [4.78, 5) is 12.2. The molecule has 0 bridgehead atoms. The van der Waals surface area contributed by atoms with Gasteiger partial charge in [-0.25, -0.2) is 13.1 Å². The van der Waals surface area contributed by atoms with Gasteiger partial charge in [-0.3, -0.25) is 4.79 Å². The molecular weight excluding hydrogens is 298 g/mol. The van der Waals surface area contributed by atoms with E-state index in [0.717, 1.165) is 36.8 Å². The van der Waals surface area contributed by atoms with Crippen LogP contribution in [0.15, 0.2) is 40.8 Å². The third-order valence-electron chi connectivity index (χ3n) is 3.85. The maximum atomic E-state index is 12.2. The number of aryl methyl sites for hydroxylation is 1. The Morgan fingerprint density at radius 1 is 1.09 bits per heavy atom. The SMILES string of the molecule is Cc1ccc(S(=O)(=O)NC(=O)C/C2=C/CCCCCC2)cc1. The Morgan fingerprint density at radius 3 is 2.50 bits per heavy atom. The fourth-order valence-corrected chi connectivity index (χ4v) is 3.57. The van der Waals surface area contributed by atoms with Gasteiger partial charge in [-0.2, -0.15) is 0 Å². The Hall–Kier alpha value is -1.62. The van der Waals surface area contributed by atoms with E-state index in [1.165, 1.54) is 25.0 Å². The minimum Gasteiger partial charge on any atom is -0.274 e. The second kappa shape index (κ2) is 7.58. The fraction of sp³-hybridized carbons (Fsp3) is 0.471. The molecule has 1 aromatic rings. The first kappa shape index (κ1) is 16.7. The molecule has 0 saturated heterocycles. The molecule has 0 fully saturated rings. The van der Waals surface area contributed by atoms with Gasteiger partial charge in [-0.05, 0) is 44.7 Å². The van der Waals surface area contributed by atoms with Gasteiger partial charge in [0, 0.05) is 6.42 Å². The highest BCUT2D eigenvalue weighted by atomic mass is 32.2. The lowest BCUT2D eigenvalue weighted by molar-refractivity contribution is -0.118. The number of sulfonamides is 1. The molecule has 0 saturated carbocycles. The Balaban J connectivity index is 1.99. The summed E-state index contributed by atoms with van der Waals surface area (Å²) in [6.07, 6.45) is 8.77. The minimum absolute atomic E-state index is 0.123. The minimum atomic E-state index is -3.77.